The van der Waals surface area contributed by atoms with Gasteiger partial charge in [0.05, 0.1) is 5.56 Å². The van der Waals surface area contributed by atoms with Crippen molar-refractivity contribution in [3.63, 3.8) is 0 Å². The van der Waals surface area contributed by atoms with Gasteiger partial charge in [0.25, 0.3) is 5.91 Å². The van der Waals surface area contributed by atoms with Gasteiger partial charge >= 0.3 is 0 Å². The van der Waals surface area contributed by atoms with Crippen LogP contribution in [0.3, 0.4) is 0 Å². The molecule has 0 saturated heterocycles. The molecule has 100 valence electrons. The smallest absolute Gasteiger partial charge is 0.250 e. The lowest BCUT2D eigenvalue weighted by atomic mass is 9.93. The predicted molar refractivity (Wildman–Crippen MR) is 78.8 cm³/mol. The van der Waals surface area contributed by atoms with E-state index in [9.17, 15) is 4.79 Å². The van der Waals surface area contributed by atoms with Gasteiger partial charge in [0.1, 0.15) is 0 Å². The molecular weight excluding hydrogens is 294 g/mol. The minimum absolute atomic E-state index is 0.0171. The van der Waals surface area contributed by atoms with Crippen LogP contribution in [-0.4, -0.2) is 26.0 Å². The third-order valence-electron chi connectivity index (χ3n) is 2.85. The minimum atomic E-state index is -0.427. The van der Waals surface area contributed by atoms with Gasteiger partial charge in [-0.05, 0) is 30.2 Å². The van der Waals surface area contributed by atoms with E-state index in [2.05, 4.69) is 29.8 Å². The van der Waals surface area contributed by atoms with Gasteiger partial charge in [-0.2, -0.15) is 0 Å². The van der Waals surface area contributed by atoms with Gasteiger partial charge in [-0.25, -0.2) is 0 Å². The molecular formula is C13H20BrN3O. The third-order valence-corrected chi connectivity index (χ3v) is 3.35. The Bertz CT molecular complexity index is 446. The highest BCUT2D eigenvalue weighted by Crippen LogP contribution is 2.26. The van der Waals surface area contributed by atoms with Gasteiger partial charge in [0.2, 0.25) is 0 Å². The Labute approximate surface area is 116 Å². The molecule has 0 heterocycles. The number of hydrogen-bond acceptors (Lipinski definition) is 3. The van der Waals surface area contributed by atoms with Crippen LogP contribution in [0.25, 0.3) is 0 Å². The van der Waals surface area contributed by atoms with Gasteiger partial charge < -0.3 is 16.4 Å². The fourth-order valence-electron chi connectivity index (χ4n) is 1.83. The molecule has 0 aromatic heterocycles. The summed E-state index contributed by atoms with van der Waals surface area (Å²) >= 11 is 3.34. The lowest BCUT2D eigenvalue weighted by Crippen LogP contribution is -2.37. The Hall–Kier alpha value is -1.07. The molecule has 5 heteroatoms. The molecule has 0 radical (unpaired) electrons. The molecule has 0 bridgehead atoms. The standard InChI is InChI=1S/C13H20BrN3O/c1-13(2,7-15)8-17(3)11-5-4-9(14)6-10(11)12(16)18/h4-6H,7-8,15H2,1-3H3,(H2,16,18). The summed E-state index contributed by atoms with van der Waals surface area (Å²) in [6.45, 7) is 5.52. The Balaban J connectivity index is 3.05. The first-order valence-corrected chi connectivity index (χ1v) is 6.57. The van der Waals surface area contributed by atoms with Crippen molar-refractivity contribution in [3.8, 4) is 0 Å². The van der Waals surface area contributed by atoms with E-state index >= 15 is 0 Å². The van der Waals surface area contributed by atoms with Crippen molar-refractivity contribution >= 4 is 27.5 Å². The molecule has 0 saturated carbocycles. The van der Waals surface area contributed by atoms with Crippen molar-refractivity contribution < 1.29 is 4.79 Å². The molecule has 0 aliphatic rings. The summed E-state index contributed by atoms with van der Waals surface area (Å²) in [7, 11) is 1.94. The monoisotopic (exact) mass is 313 g/mol. The first-order chi connectivity index (χ1) is 8.26. The maximum absolute atomic E-state index is 11.5. The number of benzene rings is 1. The largest absolute Gasteiger partial charge is 0.373 e. The maximum atomic E-state index is 11.5. The van der Waals surface area contributed by atoms with Crippen LogP contribution in [0, 0.1) is 5.41 Å². The fraction of sp³-hybridized carbons (Fsp3) is 0.462. The van der Waals surface area contributed by atoms with Crippen LogP contribution in [0.15, 0.2) is 22.7 Å². The molecule has 4 N–H and O–H groups in total. The zero-order chi connectivity index (χ0) is 13.9. The highest BCUT2D eigenvalue weighted by Gasteiger charge is 2.21. The molecule has 1 amide bonds. The van der Waals surface area contributed by atoms with E-state index in [1.54, 1.807) is 6.07 Å². The van der Waals surface area contributed by atoms with Crippen LogP contribution in [0.5, 0.6) is 0 Å². The summed E-state index contributed by atoms with van der Waals surface area (Å²) in [6, 6.07) is 5.52. The van der Waals surface area contributed by atoms with Gasteiger partial charge in [-0.15, -0.1) is 0 Å². The summed E-state index contributed by atoms with van der Waals surface area (Å²) in [6.07, 6.45) is 0. The average molecular weight is 314 g/mol. The normalized spacial score (nSPS) is 11.4. The number of nitrogens with zero attached hydrogens (tertiary/aromatic N) is 1. The first kappa shape index (κ1) is 15.0. The topological polar surface area (TPSA) is 72.3 Å². The Morgan fingerprint density at radius 1 is 1.44 bits per heavy atom. The Kier molecular flexibility index (Phi) is 4.76. The van der Waals surface area contributed by atoms with E-state index in [-0.39, 0.29) is 5.41 Å². The van der Waals surface area contributed by atoms with Crippen molar-refractivity contribution in [2.45, 2.75) is 13.8 Å². The number of nitrogens with two attached hydrogens (primary N) is 2. The summed E-state index contributed by atoms with van der Waals surface area (Å²) in [5, 5.41) is 0. The van der Waals surface area contributed by atoms with Crippen LogP contribution in [0.4, 0.5) is 5.69 Å². The number of amides is 1. The van der Waals surface area contributed by atoms with Crippen LogP contribution >= 0.6 is 15.9 Å². The number of anilines is 1. The van der Waals surface area contributed by atoms with Crippen molar-refractivity contribution in [1.82, 2.24) is 0 Å². The van der Waals surface area contributed by atoms with Gasteiger partial charge in [-0.3, -0.25) is 4.79 Å². The van der Waals surface area contributed by atoms with Gasteiger partial charge in [-0.1, -0.05) is 29.8 Å². The maximum Gasteiger partial charge on any atom is 0.250 e. The second-order valence-corrected chi connectivity index (χ2v) is 6.17. The number of carbonyl (C=O) groups excluding carboxylic acids is 1. The second kappa shape index (κ2) is 5.71. The van der Waals surface area contributed by atoms with E-state index in [4.69, 9.17) is 11.5 Å². The summed E-state index contributed by atoms with van der Waals surface area (Å²) in [4.78, 5) is 13.5. The lowest BCUT2D eigenvalue weighted by Gasteiger charge is -2.31. The number of carbonyl (C=O) groups is 1. The first-order valence-electron chi connectivity index (χ1n) is 5.77. The van der Waals surface area contributed by atoms with Crippen molar-refractivity contribution in [3.05, 3.63) is 28.2 Å². The summed E-state index contributed by atoms with van der Waals surface area (Å²) in [5.41, 5.74) is 12.5. The molecule has 0 spiro atoms. The zero-order valence-electron chi connectivity index (χ0n) is 11.0. The number of halogens is 1. The Morgan fingerprint density at radius 3 is 2.56 bits per heavy atom. The van der Waals surface area contributed by atoms with Crippen LogP contribution < -0.4 is 16.4 Å². The van der Waals surface area contributed by atoms with Crippen molar-refractivity contribution in [2.24, 2.45) is 16.9 Å². The molecule has 0 aliphatic heterocycles. The van der Waals surface area contributed by atoms with Crippen LogP contribution in [0.2, 0.25) is 0 Å². The zero-order valence-corrected chi connectivity index (χ0v) is 12.6. The SMILES string of the molecule is CN(CC(C)(C)CN)c1ccc(Br)cc1C(N)=O. The average Bonchev–Trinajstić information content (AvgIpc) is 2.28. The minimum Gasteiger partial charge on any atom is -0.373 e. The molecule has 1 aromatic rings. The summed E-state index contributed by atoms with van der Waals surface area (Å²) < 4.78 is 0.839. The molecule has 0 unspecified atom stereocenters. The third kappa shape index (κ3) is 3.71. The Morgan fingerprint density at radius 2 is 2.06 bits per heavy atom. The molecule has 0 aliphatic carbocycles. The van der Waals surface area contributed by atoms with Gasteiger partial charge in [0, 0.05) is 23.8 Å². The molecule has 1 rings (SSSR count). The van der Waals surface area contributed by atoms with Crippen LogP contribution in [-0.2, 0) is 0 Å². The fourth-order valence-corrected chi connectivity index (χ4v) is 2.19. The number of primary amides is 1. The van der Waals surface area contributed by atoms with E-state index < -0.39 is 5.91 Å². The number of hydrogen-bond donors (Lipinski definition) is 2. The molecule has 18 heavy (non-hydrogen) atoms. The van der Waals surface area contributed by atoms with Gasteiger partial charge in [0.15, 0.2) is 0 Å². The molecule has 0 atom stereocenters. The molecule has 4 nitrogen and oxygen atoms in total. The quantitative estimate of drug-likeness (QED) is 0.873. The summed E-state index contributed by atoms with van der Waals surface area (Å²) in [5.74, 6) is -0.427. The highest BCUT2D eigenvalue weighted by atomic mass is 79.9. The predicted octanol–water partition coefficient (Wildman–Crippen LogP) is 1.97. The second-order valence-electron chi connectivity index (χ2n) is 5.25. The molecule has 0 fully saturated rings. The van der Waals surface area contributed by atoms with E-state index in [0.717, 1.165) is 16.7 Å². The number of rotatable bonds is 5. The van der Waals surface area contributed by atoms with E-state index in [0.29, 0.717) is 12.1 Å². The molecule has 1 aromatic carbocycles. The van der Waals surface area contributed by atoms with E-state index in [1.807, 2.05) is 24.1 Å². The van der Waals surface area contributed by atoms with Crippen molar-refractivity contribution in [1.29, 1.82) is 0 Å². The van der Waals surface area contributed by atoms with E-state index in [1.165, 1.54) is 0 Å². The van der Waals surface area contributed by atoms with Crippen LogP contribution in [0.1, 0.15) is 24.2 Å². The lowest BCUT2D eigenvalue weighted by molar-refractivity contribution is 0.100. The van der Waals surface area contributed by atoms with Crippen molar-refractivity contribution in [2.75, 3.05) is 25.0 Å². The highest BCUT2D eigenvalue weighted by molar-refractivity contribution is 9.10.